The number of likely N-dealkylation sites (N-methyl/N-ethyl adjacent to an activating group) is 1. The number of allylic oxidation sites excluding steroid dienone is 2. The van der Waals surface area contributed by atoms with E-state index < -0.39 is 17.3 Å². The van der Waals surface area contributed by atoms with Crippen molar-refractivity contribution in [2.24, 2.45) is 17.1 Å². The second-order valence-corrected chi connectivity index (χ2v) is 8.05. The molecular weight excluding hydrogens is 378 g/mol. The van der Waals surface area contributed by atoms with E-state index in [0.29, 0.717) is 5.56 Å². The van der Waals surface area contributed by atoms with E-state index in [1.54, 1.807) is 24.3 Å². The molecule has 1 aromatic rings. The maximum absolute atomic E-state index is 11.8. The van der Waals surface area contributed by atoms with Gasteiger partial charge in [0.2, 0.25) is 0 Å². The molecule has 1 fully saturated rings. The number of nitrogens with zero attached hydrogens (tertiary/aromatic N) is 4. The van der Waals surface area contributed by atoms with E-state index in [2.05, 4.69) is 29.2 Å². The molecule has 4 rings (SSSR count). The fraction of sp³-hybridized carbons (Fsp3) is 0.391. The van der Waals surface area contributed by atoms with Crippen LogP contribution in [0.25, 0.3) is 0 Å². The van der Waals surface area contributed by atoms with Crippen LogP contribution >= 0.6 is 0 Å². The van der Waals surface area contributed by atoms with Crippen molar-refractivity contribution in [2.75, 3.05) is 14.2 Å². The topological polar surface area (TPSA) is 127 Å². The summed E-state index contributed by atoms with van der Waals surface area (Å²) < 4.78 is 4.77. The molecule has 3 aliphatic rings. The molecule has 0 radical (unpaired) electrons. The Morgan fingerprint density at radius 3 is 2.43 bits per heavy atom. The Hall–Kier alpha value is -3.60. The lowest BCUT2D eigenvalue weighted by molar-refractivity contribution is 0.0600. The van der Waals surface area contributed by atoms with E-state index in [-0.39, 0.29) is 29.3 Å². The van der Waals surface area contributed by atoms with Crippen LogP contribution in [0, 0.1) is 45.3 Å². The summed E-state index contributed by atoms with van der Waals surface area (Å²) >= 11 is 0. The summed E-state index contributed by atoms with van der Waals surface area (Å²) in [5, 5.41) is 30.2. The number of rotatable bonds is 2. The third-order valence-corrected chi connectivity index (χ3v) is 6.91. The van der Waals surface area contributed by atoms with E-state index in [9.17, 15) is 20.6 Å². The smallest absolute Gasteiger partial charge is 0.337 e. The minimum absolute atomic E-state index is 0.0171. The fourth-order valence-electron chi connectivity index (χ4n) is 5.41. The van der Waals surface area contributed by atoms with Gasteiger partial charge in [-0.1, -0.05) is 18.2 Å². The van der Waals surface area contributed by atoms with Gasteiger partial charge in [0, 0.05) is 23.9 Å². The van der Waals surface area contributed by atoms with E-state index in [0.717, 1.165) is 24.0 Å². The first kappa shape index (κ1) is 19.7. The van der Waals surface area contributed by atoms with Crippen molar-refractivity contribution in [3.8, 4) is 18.2 Å². The number of methoxy groups -OCH3 is 1. The Morgan fingerprint density at radius 2 is 1.87 bits per heavy atom. The first-order valence-corrected chi connectivity index (χ1v) is 9.78. The van der Waals surface area contributed by atoms with Crippen LogP contribution < -0.4 is 5.73 Å². The number of carbonyl (C=O) groups excluding carboxylic acids is 1. The average molecular weight is 399 g/mol. The van der Waals surface area contributed by atoms with Crippen molar-refractivity contribution < 1.29 is 9.53 Å². The maximum Gasteiger partial charge on any atom is 0.337 e. The number of hydrogen-bond donors (Lipinski definition) is 1. The standard InChI is InChI=1S/C23H21N5O2/c1-28-15-7-8-18(28)19-16(9-15)17(10-24)21(27)23(11-25,12-26)20(19)13-3-5-14(6-4-13)22(29)30-2/h3-6,9,15,18-20H,7-8,27H2,1-2H3/t15-,18-,19+,20+/m0/s1. The second kappa shape index (κ2) is 7.02. The highest BCUT2D eigenvalue weighted by molar-refractivity contribution is 5.89. The van der Waals surface area contributed by atoms with Crippen molar-refractivity contribution in [2.45, 2.75) is 30.8 Å². The molecular formula is C23H21N5O2. The lowest BCUT2D eigenvalue weighted by Crippen LogP contribution is -2.51. The molecule has 4 atom stereocenters. The first-order chi connectivity index (χ1) is 14.4. The third-order valence-electron chi connectivity index (χ3n) is 6.91. The molecule has 7 heteroatoms. The molecule has 2 aliphatic heterocycles. The van der Waals surface area contributed by atoms with Gasteiger partial charge in [0.25, 0.3) is 0 Å². The Labute approximate surface area is 175 Å². The largest absolute Gasteiger partial charge is 0.465 e. The van der Waals surface area contributed by atoms with Crippen LogP contribution in [0.1, 0.15) is 34.7 Å². The number of carbonyl (C=O) groups is 1. The minimum Gasteiger partial charge on any atom is -0.465 e. The van der Waals surface area contributed by atoms with Crippen molar-refractivity contribution in [3.63, 3.8) is 0 Å². The summed E-state index contributed by atoms with van der Waals surface area (Å²) in [4.78, 5) is 14.1. The van der Waals surface area contributed by atoms with Crippen molar-refractivity contribution >= 4 is 5.97 Å². The molecule has 0 spiro atoms. The van der Waals surface area contributed by atoms with Crippen LogP contribution in [-0.4, -0.2) is 37.1 Å². The van der Waals surface area contributed by atoms with Crippen LogP contribution in [-0.2, 0) is 4.74 Å². The predicted molar refractivity (Wildman–Crippen MR) is 107 cm³/mol. The number of fused-ring (bicyclic) bond motifs is 4. The number of hydrogen-bond acceptors (Lipinski definition) is 7. The van der Waals surface area contributed by atoms with Gasteiger partial charge in [-0.3, -0.25) is 4.90 Å². The molecule has 0 unspecified atom stereocenters. The summed E-state index contributed by atoms with van der Waals surface area (Å²) in [5.74, 6) is -1.24. The molecule has 2 bridgehead atoms. The van der Waals surface area contributed by atoms with Crippen LogP contribution in [0.2, 0.25) is 0 Å². The van der Waals surface area contributed by atoms with Gasteiger partial charge in [-0.2, -0.15) is 15.8 Å². The van der Waals surface area contributed by atoms with Crippen molar-refractivity contribution in [1.29, 1.82) is 15.8 Å². The van der Waals surface area contributed by atoms with Gasteiger partial charge < -0.3 is 10.5 Å². The summed E-state index contributed by atoms with van der Waals surface area (Å²) in [7, 11) is 3.36. The third kappa shape index (κ3) is 2.48. The highest BCUT2D eigenvalue weighted by Crippen LogP contribution is 2.58. The van der Waals surface area contributed by atoms with Crippen LogP contribution in [0.15, 0.2) is 47.2 Å². The summed E-state index contributed by atoms with van der Waals surface area (Å²) in [5.41, 5.74) is 6.92. The van der Waals surface area contributed by atoms with Gasteiger partial charge in [-0.05, 0) is 43.2 Å². The van der Waals surface area contributed by atoms with E-state index in [4.69, 9.17) is 10.5 Å². The SMILES string of the molecule is COC(=O)c1ccc([C@@H]2[C@@H]3C(=C[C@@H]4CC[C@@H]3N4C)C(C#N)=C(N)C2(C#N)C#N)cc1. The monoisotopic (exact) mass is 399 g/mol. The van der Waals surface area contributed by atoms with Crippen LogP contribution in [0.5, 0.6) is 0 Å². The highest BCUT2D eigenvalue weighted by atomic mass is 16.5. The molecule has 2 heterocycles. The highest BCUT2D eigenvalue weighted by Gasteiger charge is 2.58. The molecule has 0 aromatic heterocycles. The van der Waals surface area contributed by atoms with Gasteiger partial charge in [0.15, 0.2) is 5.41 Å². The molecule has 2 N–H and O–H groups in total. The zero-order valence-corrected chi connectivity index (χ0v) is 16.8. The van der Waals surface area contributed by atoms with E-state index in [1.165, 1.54) is 7.11 Å². The Balaban J connectivity index is 1.96. The minimum atomic E-state index is -1.67. The Kier molecular flexibility index (Phi) is 4.61. The molecule has 1 saturated heterocycles. The zero-order valence-electron chi connectivity index (χ0n) is 16.8. The van der Waals surface area contributed by atoms with Gasteiger partial charge in [-0.15, -0.1) is 0 Å². The van der Waals surface area contributed by atoms with Crippen molar-refractivity contribution in [3.05, 3.63) is 58.3 Å². The number of ether oxygens (including phenoxy) is 1. The first-order valence-electron chi connectivity index (χ1n) is 9.78. The van der Waals surface area contributed by atoms with Crippen LogP contribution in [0.3, 0.4) is 0 Å². The number of esters is 1. The maximum atomic E-state index is 11.8. The number of nitrogens with two attached hydrogens (primary N) is 1. The summed E-state index contributed by atoms with van der Waals surface area (Å²) in [6, 6.07) is 13.6. The summed E-state index contributed by atoms with van der Waals surface area (Å²) in [6.07, 6.45) is 3.95. The molecule has 1 aromatic carbocycles. The normalized spacial score (nSPS) is 29.1. The fourth-order valence-corrected chi connectivity index (χ4v) is 5.41. The number of benzene rings is 1. The second-order valence-electron chi connectivity index (χ2n) is 8.05. The van der Waals surface area contributed by atoms with Gasteiger partial charge >= 0.3 is 5.97 Å². The quantitative estimate of drug-likeness (QED) is 0.756. The number of nitriles is 3. The lowest BCUT2D eigenvalue weighted by atomic mass is 9.56. The van der Waals surface area contributed by atoms with Crippen molar-refractivity contribution in [1.82, 2.24) is 4.90 Å². The average Bonchev–Trinajstić information content (AvgIpc) is 3.01. The molecule has 150 valence electrons. The Morgan fingerprint density at radius 1 is 1.20 bits per heavy atom. The molecule has 30 heavy (non-hydrogen) atoms. The van der Waals surface area contributed by atoms with E-state index in [1.807, 2.05) is 7.05 Å². The molecule has 1 aliphatic carbocycles. The van der Waals surface area contributed by atoms with Gasteiger partial charge in [0.05, 0.1) is 36.1 Å². The molecule has 7 nitrogen and oxygen atoms in total. The zero-order chi connectivity index (χ0) is 21.6. The Bertz CT molecular complexity index is 1080. The van der Waals surface area contributed by atoms with Gasteiger partial charge in [0.1, 0.15) is 6.07 Å². The van der Waals surface area contributed by atoms with E-state index >= 15 is 0 Å². The van der Waals surface area contributed by atoms with Gasteiger partial charge in [-0.25, -0.2) is 4.79 Å². The summed E-state index contributed by atoms with van der Waals surface area (Å²) in [6.45, 7) is 0. The predicted octanol–water partition coefficient (Wildman–Crippen LogP) is 2.36. The molecule has 0 saturated carbocycles. The lowest BCUT2D eigenvalue weighted by Gasteiger charge is -2.48. The van der Waals surface area contributed by atoms with Crippen LogP contribution in [0.4, 0.5) is 0 Å². The molecule has 0 amide bonds.